The summed E-state index contributed by atoms with van der Waals surface area (Å²) in [6, 6.07) is -0.650. The molecule has 5 heteroatoms. The molecule has 0 aliphatic rings. The first-order valence-corrected chi connectivity index (χ1v) is 10.1. The van der Waals surface area contributed by atoms with Gasteiger partial charge in [-0.3, -0.25) is 0 Å². The number of amides is 1. The molecule has 1 unspecified atom stereocenters. The third kappa shape index (κ3) is 13.7. The molecule has 0 fully saturated rings. The van der Waals surface area contributed by atoms with E-state index < -0.39 is 12.1 Å². The molecule has 1 atom stereocenters. The van der Waals surface area contributed by atoms with Crippen LogP contribution >= 0.6 is 0 Å². The monoisotopic (exact) mass is 357 g/mol. The van der Waals surface area contributed by atoms with Crippen LogP contribution in [-0.4, -0.2) is 31.3 Å². The highest BCUT2D eigenvalue weighted by Crippen LogP contribution is 2.09. The second-order valence-electron chi connectivity index (χ2n) is 7.00. The maximum absolute atomic E-state index is 12.2. The highest BCUT2D eigenvalue weighted by atomic mass is 16.6. The number of nitrogens with one attached hydrogen (secondary N) is 1. The maximum Gasteiger partial charge on any atom is 0.407 e. The maximum atomic E-state index is 12.2. The molecule has 0 bridgehead atoms. The highest BCUT2D eigenvalue weighted by molar-refractivity contribution is 5.81. The van der Waals surface area contributed by atoms with Crippen molar-refractivity contribution in [3.63, 3.8) is 0 Å². The Hall–Kier alpha value is -1.26. The fourth-order valence-corrected chi connectivity index (χ4v) is 2.47. The zero-order chi connectivity index (χ0) is 18.9. The molecule has 0 aromatic heterocycles. The van der Waals surface area contributed by atoms with Crippen molar-refractivity contribution in [3.05, 3.63) is 0 Å². The number of rotatable bonds is 15. The zero-order valence-electron chi connectivity index (χ0n) is 16.8. The van der Waals surface area contributed by atoms with Gasteiger partial charge in [-0.15, -0.1) is 0 Å². The minimum absolute atomic E-state index is 0.0372. The predicted octanol–water partition coefficient (Wildman–Crippen LogP) is 5.22. The van der Waals surface area contributed by atoms with E-state index in [1.54, 1.807) is 0 Å². The number of hydrogen-bond donors (Lipinski definition) is 1. The Morgan fingerprint density at radius 2 is 1.28 bits per heavy atom. The predicted molar refractivity (Wildman–Crippen MR) is 102 cm³/mol. The molecule has 0 saturated heterocycles. The lowest BCUT2D eigenvalue weighted by Crippen LogP contribution is -2.45. The van der Waals surface area contributed by atoms with Gasteiger partial charge in [0.05, 0.1) is 13.2 Å². The van der Waals surface area contributed by atoms with Crippen molar-refractivity contribution < 1.29 is 19.1 Å². The van der Waals surface area contributed by atoms with E-state index in [2.05, 4.69) is 12.2 Å². The molecule has 25 heavy (non-hydrogen) atoms. The Labute approximate surface area is 154 Å². The number of alkyl carbamates (subject to hydrolysis) is 1. The quantitative estimate of drug-likeness (QED) is 0.322. The average molecular weight is 358 g/mol. The molecule has 148 valence electrons. The summed E-state index contributed by atoms with van der Waals surface area (Å²) < 4.78 is 10.4. The molecule has 1 N–H and O–H groups in total. The lowest BCUT2D eigenvalue weighted by Gasteiger charge is -2.20. The minimum Gasteiger partial charge on any atom is -0.464 e. The van der Waals surface area contributed by atoms with E-state index in [1.165, 1.54) is 38.5 Å². The molecule has 0 rings (SSSR count). The molecular weight excluding hydrogens is 318 g/mol. The van der Waals surface area contributed by atoms with E-state index in [-0.39, 0.29) is 11.9 Å². The fraction of sp³-hybridized carbons (Fsp3) is 0.900. The Kier molecular flexibility index (Phi) is 15.4. The van der Waals surface area contributed by atoms with Crippen molar-refractivity contribution >= 4 is 12.1 Å². The number of esters is 1. The second-order valence-corrected chi connectivity index (χ2v) is 7.00. The lowest BCUT2D eigenvalue weighted by molar-refractivity contribution is -0.147. The molecule has 0 spiro atoms. The second kappa shape index (κ2) is 16.2. The van der Waals surface area contributed by atoms with Gasteiger partial charge in [-0.1, -0.05) is 79.1 Å². The third-order valence-corrected chi connectivity index (χ3v) is 4.17. The van der Waals surface area contributed by atoms with Gasteiger partial charge in [-0.25, -0.2) is 9.59 Å². The summed E-state index contributed by atoms with van der Waals surface area (Å²) in [4.78, 5) is 23.9. The van der Waals surface area contributed by atoms with Crippen LogP contribution in [0, 0.1) is 5.92 Å². The van der Waals surface area contributed by atoms with Gasteiger partial charge in [-0.05, 0) is 18.8 Å². The first-order valence-electron chi connectivity index (χ1n) is 10.1. The van der Waals surface area contributed by atoms with Crippen LogP contribution < -0.4 is 5.32 Å². The molecule has 0 saturated carbocycles. The molecule has 1 amide bonds. The fourth-order valence-electron chi connectivity index (χ4n) is 2.47. The number of ether oxygens (including phenoxy) is 2. The van der Waals surface area contributed by atoms with Crippen molar-refractivity contribution in [2.45, 2.75) is 97.9 Å². The van der Waals surface area contributed by atoms with Crippen LogP contribution in [0.25, 0.3) is 0 Å². The summed E-state index contributed by atoms with van der Waals surface area (Å²) in [5.74, 6) is -0.407. The Morgan fingerprint density at radius 1 is 0.760 bits per heavy atom. The lowest BCUT2D eigenvalue weighted by atomic mass is 10.1. The van der Waals surface area contributed by atoms with Crippen molar-refractivity contribution in [2.24, 2.45) is 5.92 Å². The van der Waals surface area contributed by atoms with Crippen molar-refractivity contribution in [1.82, 2.24) is 5.32 Å². The summed E-state index contributed by atoms with van der Waals surface area (Å²) >= 11 is 0. The van der Waals surface area contributed by atoms with E-state index in [0.29, 0.717) is 13.2 Å². The minimum atomic E-state index is -0.650. The molecule has 0 aromatic rings. The van der Waals surface area contributed by atoms with Gasteiger partial charge in [0.15, 0.2) is 0 Å². The largest absolute Gasteiger partial charge is 0.464 e. The topological polar surface area (TPSA) is 64.6 Å². The van der Waals surface area contributed by atoms with E-state index >= 15 is 0 Å². The van der Waals surface area contributed by atoms with Gasteiger partial charge < -0.3 is 14.8 Å². The van der Waals surface area contributed by atoms with E-state index in [1.807, 2.05) is 20.8 Å². The van der Waals surface area contributed by atoms with Gasteiger partial charge in [-0.2, -0.15) is 0 Å². The Morgan fingerprint density at radius 3 is 1.84 bits per heavy atom. The van der Waals surface area contributed by atoms with Crippen LogP contribution in [0.4, 0.5) is 4.79 Å². The summed E-state index contributed by atoms with van der Waals surface area (Å²) in [5.41, 5.74) is 0. The van der Waals surface area contributed by atoms with Crippen molar-refractivity contribution in [3.8, 4) is 0 Å². The molecule has 0 aliphatic carbocycles. The molecule has 0 radical (unpaired) electrons. The van der Waals surface area contributed by atoms with E-state index in [9.17, 15) is 9.59 Å². The number of carbonyl (C=O) groups excluding carboxylic acids is 2. The Bertz CT molecular complexity index is 345. The molecule has 0 aliphatic heterocycles. The van der Waals surface area contributed by atoms with Crippen LogP contribution in [0.1, 0.15) is 91.9 Å². The van der Waals surface area contributed by atoms with E-state index in [4.69, 9.17) is 9.47 Å². The van der Waals surface area contributed by atoms with Gasteiger partial charge in [0.25, 0.3) is 0 Å². The SMILES string of the molecule is CCCCCCCCCCOC(=O)C(NC(=O)OCCCC)C(C)C. The van der Waals surface area contributed by atoms with E-state index in [0.717, 1.165) is 25.7 Å². The average Bonchev–Trinajstić information content (AvgIpc) is 2.58. The first-order chi connectivity index (χ1) is 12.0. The van der Waals surface area contributed by atoms with Crippen LogP contribution in [-0.2, 0) is 14.3 Å². The normalized spacial score (nSPS) is 12.0. The summed E-state index contributed by atoms with van der Waals surface area (Å²) in [6.45, 7) is 8.81. The van der Waals surface area contributed by atoms with Crippen LogP contribution in [0.15, 0.2) is 0 Å². The third-order valence-electron chi connectivity index (χ3n) is 4.17. The van der Waals surface area contributed by atoms with Gasteiger partial charge in [0.1, 0.15) is 6.04 Å². The molecule has 5 nitrogen and oxygen atoms in total. The number of carbonyl (C=O) groups is 2. The summed E-state index contributed by atoms with van der Waals surface area (Å²) in [5, 5.41) is 2.62. The van der Waals surface area contributed by atoms with Crippen molar-refractivity contribution in [1.29, 1.82) is 0 Å². The summed E-state index contributed by atoms with van der Waals surface area (Å²) in [6.07, 6.45) is 10.9. The zero-order valence-corrected chi connectivity index (χ0v) is 16.8. The number of hydrogen-bond acceptors (Lipinski definition) is 4. The molecular formula is C20H39NO4. The molecule has 0 heterocycles. The van der Waals surface area contributed by atoms with Crippen LogP contribution in [0.3, 0.4) is 0 Å². The summed E-state index contributed by atoms with van der Waals surface area (Å²) in [7, 11) is 0. The van der Waals surface area contributed by atoms with Gasteiger partial charge >= 0.3 is 12.1 Å². The Balaban J connectivity index is 3.88. The van der Waals surface area contributed by atoms with Crippen molar-refractivity contribution in [2.75, 3.05) is 13.2 Å². The first kappa shape index (κ1) is 23.7. The van der Waals surface area contributed by atoms with Gasteiger partial charge in [0, 0.05) is 0 Å². The smallest absolute Gasteiger partial charge is 0.407 e. The number of unbranched alkanes of at least 4 members (excludes halogenated alkanes) is 8. The highest BCUT2D eigenvalue weighted by Gasteiger charge is 2.26. The van der Waals surface area contributed by atoms with Crippen LogP contribution in [0.2, 0.25) is 0 Å². The molecule has 0 aromatic carbocycles. The van der Waals surface area contributed by atoms with Crippen LogP contribution in [0.5, 0.6) is 0 Å². The van der Waals surface area contributed by atoms with Gasteiger partial charge in [0.2, 0.25) is 0 Å². The standard InChI is InChI=1S/C20H39NO4/c1-5-7-9-10-11-12-13-14-16-24-19(22)18(17(3)4)21-20(23)25-15-8-6-2/h17-18H,5-16H2,1-4H3,(H,21,23).